The maximum absolute atomic E-state index is 12.1. The molecule has 0 saturated carbocycles. The van der Waals surface area contributed by atoms with Crippen molar-refractivity contribution in [3.63, 3.8) is 0 Å². The first kappa shape index (κ1) is 17.6. The molecule has 1 fully saturated rings. The van der Waals surface area contributed by atoms with Crippen molar-refractivity contribution < 1.29 is 23.9 Å². The molecule has 1 heterocycles. The lowest BCUT2D eigenvalue weighted by Crippen LogP contribution is -2.51. The van der Waals surface area contributed by atoms with Crippen LogP contribution in [0.3, 0.4) is 0 Å². The Morgan fingerprint density at radius 2 is 1.58 bits per heavy atom. The zero-order valence-electron chi connectivity index (χ0n) is 13.6. The molecule has 1 saturated heterocycles. The molecule has 2 amide bonds. The normalized spacial score (nSPS) is 14.2. The SMILES string of the molecule is CCOC(=O)N1CCN(C(=O)COC(=O)c2ccc(N)cc2)CC1. The molecule has 2 N–H and O–H groups in total. The lowest BCUT2D eigenvalue weighted by Gasteiger charge is -2.33. The van der Waals surface area contributed by atoms with Crippen molar-refractivity contribution in [3.8, 4) is 0 Å². The van der Waals surface area contributed by atoms with Crippen molar-refractivity contribution in [1.29, 1.82) is 0 Å². The summed E-state index contributed by atoms with van der Waals surface area (Å²) in [5, 5.41) is 0. The molecule has 0 unspecified atom stereocenters. The van der Waals surface area contributed by atoms with E-state index in [1.165, 1.54) is 0 Å². The van der Waals surface area contributed by atoms with Crippen LogP contribution in [0.15, 0.2) is 24.3 Å². The zero-order valence-corrected chi connectivity index (χ0v) is 13.6. The Kier molecular flexibility index (Phi) is 6.00. The number of hydrogen-bond acceptors (Lipinski definition) is 6. The maximum Gasteiger partial charge on any atom is 0.409 e. The van der Waals surface area contributed by atoms with Gasteiger partial charge in [-0.3, -0.25) is 4.79 Å². The number of carbonyl (C=O) groups excluding carboxylic acids is 3. The number of rotatable bonds is 4. The van der Waals surface area contributed by atoms with Gasteiger partial charge in [0.05, 0.1) is 12.2 Å². The summed E-state index contributed by atoms with van der Waals surface area (Å²) in [5.41, 5.74) is 6.43. The molecule has 0 bridgehead atoms. The van der Waals surface area contributed by atoms with Crippen LogP contribution in [0.1, 0.15) is 17.3 Å². The number of amides is 2. The topological polar surface area (TPSA) is 102 Å². The van der Waals surface area contributed by atoms with Gasteiger partial charge in [-0.2, -0.15) is 0 Å². The first-order chi connectivity index (χ1) is 11.5. The third-order valence-corrected chi connectivity index (χ3v) is 3.63. The van der Waals surface area contributed by atoms with E-state index in [0.717, 1.165) is 0 Å². The highest BCUT2D eigenvalue weighted by Crippen LogP contribution is 2.08. The molecule has 0 radical (unpaired) electrons. The number of carbonyl (C=O) groups is 3. The van der Waals surface area contributed by atoms with E-state index in [-0.39, 0.29) is 18.6 Å². The Balaban J connectivity index is 1.76. The Morgan fingerprint density at radius 1 is 1.00 bits per heavy atom. The van der Waals surface area contributed by atoms with E-state index in [4.69, 9.17) is 15.2 Å². The molecule has 2 rings (SSSR count). The third-order valence-electron chi connectivity index (χ3n) is 3.63. The summed E-state index contributed by atoms with van der Waals surface area (Å²) in [6.45, 7) is 3.30. The second kappa shape index (κ2) is 8.19. The Morgan fingerprint density at radius 3 is 2.17 bits per heavy atom. The summed E-state index contributed by atoms with van der Waals surface area (Å²) in [6, 6.07) is 6.26. The van der Waals surface area contributed by atoms with Crippen LogP contribution in [0.5, 0.6) is 0 Å². The lowest BCUT2D eigenvalue weighted by atomic mass is 10.2. The Labute approximate surface area is 140 Å². The fraction of sp³-hybridized carbons (Fsp3) is 0.438. The predicted molar refractivity (Wildman–Crippen MR) is 86.3 cm³/mol. The van der Waals surface area contributed by atoms with E-state index in [1.807, 2.05) is 0 Å². The summed E-state index contributed by atoms with van der Waals surface area (Å²) in [6.07, 6.45) is -0.376. The molecule has 130 valence electrons. The average molecular weight is 335 g/mol. The van der Waals surface area contributed by atoms with Gasteiger partial charge in [0, 0.05) is 31.9 Å². The van der Waals surface area contributed by atoms with Crippen LogP contribution in [0.25, 0.3) is 0 Å². The van der Waals surface area contributed by atoms with Gasteiger partial charge in [0.15, 0.2) is 6.61 Å². The molecule has 1 aliphatic rings. The molecule has 0 spiro atoms. The molecule has 1 aliphatic heterocycles. The zero-order chi connectivity index (χ0) is 17.5. The van der Waals surface area contributed by atoms with Crippen molar-refractivity contribution in [1.82, 2.24) is 9.80 Å². The van der Waals surface area contributed by atoms with Gasteiger partial charge < -0.3 is 25.0 Å². The number of hydrogen-bond donors (Lipinski definition) is 1. The van der Waals surface area contributed by atoms with E-state index in [2.05, 4.69) is 0 Å². The predicted octanol–water partition coefficient (Wildman–Crippen LogP) is 0.726. The highest BCUT2D eigenvalue weighted by Gasteiger charge is 2.25. The van der Waals surface area contributed by atoms with Crippen LogP contribution in [-0.4, -0.2) is 67.2 Å². The van der Waals surface area contributed by atoms with Gasteiger partial charge in [0.25, 0.3) is 5.91 Å². The molecule has 0 atom stereocenters. The number of nitrogens with two attached hydrogens (primary N) is 1. The largest absolute Gasteiger partial charge is 0.452 e. The molecule has 24 heavy (non-hydrogen) atoms. The standard InChI is InChI=1S/C16H21N3O5/c1-2-23-16(22)19-9-7-18(8-10-19)14(20)11-24-15(21)12-3-5-13(17)6-4-12/h3-6H,2,7-11,17H2,1H3. The van der Waals surface area contributed by atoms with Crippen LogP contribution in [0.4, 0.5) is 10.5 Å². The van der Waals surface area contributed by atoms with Crippen LogP contribution < -0.4 is 5.73 Å². The fourth-order valence-corrected chi connectivity index (χ4v) is 2.27. The van der Waals surface area contributed by atoms with Gasteiger partial charge in [-0.05, 0) is 31.2 Å². The third kappa shape index (κ3) is 4.61. The maximum atomic E-state index is 12.1. The van der Waals surface area contributed by atoms with E-state index in [9.17, 15) is 14.4 Å². The summed E-state index contributed by atoms with van der Waals surface area (Å²) in [5.74, 6) is -0.865. The number of piperazine rings is 1. The number of anilines is 1. The smallest absolute Gasteiger partial charge is 0.409 e. The first-order valence-electron chi connectivity index (χ1n) is 7.73. The minimum Gasteiger partial charge on any atom is -0.452 e. The Hall–Kier alpha value is -2.77. The summed E-state index contributed by atoms with van der Waals surface area (Å²) in [7, 11) is 0. The van der Waals surface area contributed by atoms with E-state index in [0.29, 0.717) is 44.0 Å². The molecular weight excluding hydrogens is 314 g/mol. The van der Waals surface area contributed by atoms with Crippen molar-refractivity contribution in [2.75, 3.05) is 45.1 Å². The summed E-state index contributed by atoms with van der Waals surface area (Å²) < 4.78 is 9.94. The van der Waals surface area contributed by atoms with Crippen LogP contribution >= 0.6 is 0 Å². The highest BCUT2D eigenvalue weighted by molar-refractivity contribution is 5.91. The number of benzene rings is 1. The molecule has 1 aromatic carbocycles. The van der Waals surface area contributed by atoms with E-state index in [1.54, 1.807) is 41.0 Å². The van der Waals surface area contributed by atoms with Gasteiger partial charge in [-0.1, -0.05) is 0 Å². The number of esters is 1. The van der Waals surface area contributed by atoms with Crippen LogP contribution in [0, 0.1) is 0 Å². The van der Waals surface area contributed by atoms with Crippen molar-refractivity contribution in [2.24, 2.45) is 0 Å². The molecule has 0 aromatic heterocycles. The Bertz CT molecular complexity index is 594. The minimum atomic E-state index is -0.575. The van der Waals surface area contributed by atoms with Gasteiger partial charge in [0.2, 0.25) is 0 Å². The molecule has 1 aromatic rings. The van der Waals surface area contributed by atoms with Crippen LogP contribution in [-0.2, 0) is 14.3 Å². The van der Waals surface area contributed by atoms with Crippen molar-refractivity contribution >= 4 is 23.7 Å². The van der Waals surface area contributed by atoms with Crippen LogP contribution in [0.2, 0.25) is 0 Å². The second-order valence-electron chi connectivity index (χ2n) is 5.26. The van der Waals surface area contributed by atoms with Gasteiger partial charge in [-0.15, -0.1) is 0 Å². The van der Waals surface area contributed by atoms with Crippen molar-refractivity contribution in [3.05, 3.63) is 29.8 Å². The van der Waals surface area contributed by atoms with Gasteiger partial charge in [-0.25, -0.2) is 9.59 Å². The highest BCUT2D eigenvalue weighted by atomic mass is 16.6. The molecule has 8 nitrogen and oxygen atoms in total. The average Bonchev–Trinajstić information content (AvgIpc) is 2.60. The molecule has 8 heteroatoms. The summed E-state index contributed by atoms with van der Waals surface area (Å²) >= 11 is 0. The number of ether oxygens (including phenoxy) is 2. The first-order valence-corrected chi connectivity index (χ1v) is 7.73. The second-order valence-corrected chi connectivity index (χ2v) is 5.26. The van der Waals surface area contributed by atoms with Gasteiger partial charge >= 0.3 is 12.1 Å². The van der Waals surface area contributed by atoms with E-state index >= 15 is 0 Å². The molecule has 0 aliphatic carbocycles. The summed E-state index contributed by atoms with van der Waals surface area (Å²) in [4.78, 5) is 38.6. The monoisotopic (exact) mass is 335 g/mol. The quantitative estimate of drug-likeness (QED) is 0.643. The van der Waals surface area contributed by atoms with E-state index < -0.39 is 5.97 Å². The van der Waals surface area contributed by atoms with Gasteiger partial charge in [0.1, 0.15) is 0 Å². The van der Waals surface area contributed by atoms with Crippen molar-refractivity contribution in [2.45, 2.75) is 6.92 Å². The number of nitrogen functional groups attached to an aromatic ring is 1. The lowest BCUT2D eigenvalue weighted by molar-refractivity contribution is -0.136. The fourth-order valence-electron chi connectivity index (χ4n) is 2.27. The minimum absolute atomic E-state index is 0.290. The number of nitrogens with zero attached hydrogens (tertiary/aromatic N) is 2. The molecular formula is C16H21N3O5.